The number of rotatable bonds is 5. The fourth-order valence-electron chi connectivity index (χ4n) is 3.01. The van der Waals surface area contributed by atoms with E-state index in [9.17, 15) is 9.59 Å². The number of ether oxygens (including phenoxy) is 1. The van der Waals surface area contributed by atoms with Crippen LogP contribution < -0.4 is 4.74 Å². The molecule has 0 atom stereocenters. The molecule has 2 aromatic heterocycles. The number of amides is 1. The second-order valence-electron chi connectivity index (χ2n) is 5.92. The van der Waals surface area contributed by atoms with Crippen LogP contribution in [0.5, 0.6) is 5.75 Å². The molecule has 1 aromatic carbocycles. The van der Waals surface area contributed by atoms with E-state index in [4.69, 9.17) is 9.84 Å². The molecule has 0 saturated carbocycles. The van der Waals surface area contributed by atoms with Gasteiger partial charge in [-0.2, -0.15) is 5.10 Å². The monoisotopic (exact) mass is 352 g/mol. The van der Waals surface area contributed by atoms with Crippen molar-refractivity contribution in [1.29, 1.82) is 0 Å². The maximum absolute atomic E-state index is 12.5. The highest BCUT2D eigenvalue weighted by Crippen LogP contribution is 2.23. The van der Waals surface area contributed by atoms with Crippen molar-refractivity contribution in [3.05, 3.63) is 54.0 Å². The van der Waals surface area contributed by atoms with E-state index in [0.717, 1.165) is 10.9 Å². The van der Waals surface area contributed by atoms with Gasteiger partial charge in [0.05, 0.1) is 13.1 Å². The lowest BCUT2D eigenvalue weighted by molar-refractivity contribution is 0.0662. The highest BCUT2D eigenvalue weighted by atomic mass is 16.5. The first-order valence-corrected chi connectivity index (χ1v) is 8.20. The summed E-state index contributed by atoms with van der Waals surface area (Å²) in [6, 6.07) is 10.9. The summed E-state index contributed by atoms with van der Waals surface area (Å²) in [5.41, 5.74) is 0.956. The predicted molar refractivity (Wildman–Crippen MR) is 92.3 cm³/mol. The molecular weight excluding hydrogens is 336 g/mol. The van der Waals surface area contributed by atoms with Gasteiger partial charge in [-0.3, -0.25) is 14.5 Å². The average Bonchev–Trinajstić information content (AvgIpc) is 3.09. The van der Waals surface area contributed by atoms with Crippen molar-refractivity contribution >= 4 is 22.8 Å². The van der Waals surface area contributed by atoms with Gasteiger partial charge in [0.25, 0.3) is 5.91 Å². The fourth-order valence-corrected chi connectivity index (χ4v) is 3.01. The van der Waals surface area contributed by atoms with Crippen molar-refractivity contribution in [2.75, 3.05) is 19.7 Å². The van der Waals surface area contributed by atoms with Crippen molar-refractivity contribution in [3.8, 4) is 5.75 Å². The summed E-state index contributed by atoms with van der Waals surface area (Å²) < 4.78 is 7.27. The van der Waals surface area contributed by atoms with Crippen LogP contribution >= 0.6 is 0 Å². The molecule has 8 nitrogen and oxygen atoms in total. The van der Waals surface area contributed by atoms with Crippen molar-refractivity contribution in [1.82, 2.24) is 19.7 Å². The van der Waals surface area contributed by atoms with E-state index in [1.165, 1.54) is 10.7 Å². The Hall–Kier alpha value is -3.42. The first kappa shape index (κ1) is 16.1. The molecule has 3 aromatic rings. The molecular formula is C18H16N4O4. The average molecular weight is 352 g/mol. The van der Waals surface area contributed by atoms with Gasteiger partial charge in [0.2, 0.25) is 0 Å². The van der Waals surface area contributed by atoms with Gasteiger partial charge in [0.15, 0.2) is 5.69 Å². The number of benzene rings is 1. The molecule has 0 aliphatic carbocycles. The van der Waals surface area contributed by atoms with Gasteiger partial charge in [-0.1, -0.05) is 18.2 Å². The smallest absolute Gasteiger partial charge is 0.356 e. The third kappa shape index (κ3) is 2.85. The summed E-state index contributed by atoms with van der Waals surface area (Å²) in [4.78, 5) is 29.5. The number of hydrogen-bond donors (Lipinski definition) is 1. The van der Waals surface area contributed by atoms with Gasteiger partial charge < -0.3 is 14.7 Å². The molecule has 1 N–H and O–H groups in total. The number of aromatic carboxylic acids is 1. The third-order valence-corrected chi connectivity index (χ3v) is 4.30. The molecule has 0 saturated heterocycles. The van der Waals surface area contributed by atoms with Crippen LogP contribution in [0.1, 0.15) is 21.0 Å². The Labute approximate surface area is 148 Å². The van der Waals surface area contributed by atoms with E-state index in [0.29, 0.717) is 37.7 Å². The minimum atomic E-state index is -1.14. The van der Waals surface area contributed by atoms with Crippen LogP contribution in [0.3, 0.4) is 0 Å². The van der Waals surface area contributed by atoms with E-state index in [2.05, 4.69) is 10.1 Å². The highest BCUT2D eigenvalue weighted by Gasteiger charge is 2.27. The lowest BCUT2D eigenvalue weighted by atomic mass is 10.2. The Morgan fingerprint density at radius 2 is 2.08 bits per heavy atom. The summed E-state index contributed by atoms with van der Waals surface area (Å²) in [6.45, 7) is 1.64. The molecule has 0 bridgehead atoms. The molecule has 1 amide bonds. The number of para-hydroxylation sites is 1. The zero-order valence-electron chi connectivity index (χ0n) is 13.8. The lowest BCUT2D eigenvalue weighted by Crippen LogP contribution is -2.42. The van der Waals surface area contributed by atoms with Crippen LogP contribution in [-0.4, -0.2) is 56.3 Å². The van der Waals surface area contributed by atoms with Crippen LogP contribution in [0, 0.1) is 0 Å². The summed E-state index contributed by atoms with van der Waals surface area (Å²) >= 11 is 0. The summed E-state index contributed by atoms with van der Waals surface area (Å²) in [6.07, 6.45) is 1.71. The molecule has 0 fully saturated rings. The quantitative estimate of drug-likeness (QED) is 0.750. The summed E-state index contributed by atoms with van der Waals surface area (Å²) in [5.74, 6) is -0.709. The first-order valence-electron chi connectivity index (χ1n) is 8.20. The number of pyridine rings is 1. The van der Waals surface area contributed by atoms with Gasteiger partial charge in [-0.05, 0) is 12.1 Å². The molecule has 132 valence electrons. The van der Waals surface area contributed by atoms with Gasteiger partial charge in [0, 0.05) is 24.2 Å². The number of nitrogens with zero attached hydrogens (tertiary/aromatic N) is 4. The van der Waals surface area contributed by atoms with Crippen LogP contribution in [0.15, 0.2) is 42.6 Å². The Balaban J connectivity index is 1.43. The van der Waals surface area contributed by atoms with Crippen LogP contribution in [0.4, 0.5) is 0 Å². The number of carboxylic acids is 1. The topological polar surface area (TPSA) is 97.6 Å². The highest BCUT2D eigenvalue weighted by molar-refractivity contribution is 5.96. The maximum atomic E-state index is 12.5. The molecule has 0 spiro atoms. The number of hydrogen-bond acceptors (Lipinski definition) is 5. The van der Waals surface area contributed by atoms with E-state index < -0.39 is 5.97 Å². The second kappa shape index (κ2) is 6.47. The Bertz CT molecular complexity index is 993. The fraction of sp³-hybridized carbons (Fsp3) is 0.222. The summed E-state index contributed by atoms with van der Waals surface area (Å²) in [7, 11) is 0. The molecule has 8 heteroatoms. The first-order chi connectivity index (χ1) is 12.6. The largest absolute Gasteiger partial charge is 0.489 e. The molecule has 3 heterocycles. The van der Waals surface area contributed by atoms with Gasteiger partial charge in [-0.15, -0.1) is 0 Å². The molecule has 4 rings (SSSR count). The van der Waals surface area contributed by atoms with Crippen molar-refractivity contribution in [2.24, 2.45) is 0 Å². The van der Waals surface area contributed by atoms with Gasteiger partial charge in [0.1, 0.15) is 23.6 Å². The lowest BCUT2D eigenvalue weighted by Gasteiger charge is -2.27. The zero-order chi connectivity index (χ0) is 18.1. The third-order valence-electron chi connectivity index (χ3n) is 4.30. The van der Waals surface area contributed by atoms with Crippen LogP contribution in [0.25, 0.3) is 10.9 Å². The molecule has 0 radical (unpaired) electrons. The van der Waals surface area contributed by atoms with E-state index in [-0.39, 0.29) is 11.6 Å². The van der Waals surface area contributed by atoms with Crippen molar-refractivity contribution in [3.63, 3.8) is 0 Å². The van der Waals surface area contributed by atoms with Crippen LogP contribution in [0.2, 0.25) is 0 Å². The minimum Gasteiger partial charge on any atom is -0.489 e. The molecule has 0 unspecified atom stereocenters. The molecule has 26 heavy (non-hydrogen) atoms. The van der Waals surface area contributed by atoms with E-state index >= 15 is 0 Å². The number of carbonyl (C=O) groups excluding carboxylic acids is 1. The Morgan fingerprint density at radius 1 is 1.23 bits per heavy atom. The van der Waals surface area contributed by atoms with E-state index in [1.807, 2.05) is 30.3 Å². The van der Waals surface area contributed by atoms with Crippen molar-refractivity contribution in [2.45, 2.75) is 6.54 Å². The predicted octanol–water partition coefficient (Wildman–Crippen LogP) is 1.66. The summed E-state index contributed by atoms with van der Waals surface area (Å²) in [5, 5.41) is 13.9. The second-order valence-corrected chi connectivity index (χ2v) is 5.92. The number of carbonyl (C=O) groups is 2. The maximum Gasteiger partial charge on any atom is 0.356 e. The van der Waals surface area contributed by atoms with Gasteiger partial charge >= 0.3 is 5.97 Å². The number of fused-ring (bicyclic) bond motifs is 2. The SMILES string of the molecule is O=C(O)c1cc2n(n1)CCN(CCOc1cccc3cccnc13)C2=O. The Kier molecular flexibility index (Phi) is 4.00. The number of aromatic nitrogens is 3. The molecule has 1 aliphatic rings. The zero-order valence-corrected chi connectivity index (χ0v) is 13.8. The number of carboxylic acid groups (broad SMARTS) is 1. The van der Waals surface area contributed by atoms with Crippen LogP contribution in [-0.2, 0) is 6.54 Å². The minimum absolute atomic E-state index is 0.117. The Morgan fingerprint density at radius 3 is 2.92 bits per heavy atom. The normalized spacial score (nSPS) is 13.7. The van der Waals surface area contributed by atoms with Gasteiger partial charge in [-0.25, -0.2) is 4.79 Å². The van der Waals surface area contributed by atoms with E-state index in [1.54, 1.807) is 11.1 Å². The molecule has 1 aliphatic heterocycles. The standard InChI is InChI=1S/C18H16N4O4/c23-17-14-11-13(18(24)25)20-22(14)8-7-21(17)9-10-26-15-5-1-3-12-4-2-6-19-16(12)15/h1-6,11H,7-10H2,(H,24,25). The van der Waals surface area contributed by atoms with Crippen molar-refractivity contribution < 1.29 is 19.4 Å².